The van der Waals surface area contributed by atoms with Crippen molar-refractivity contribution in [3.63, 3.8) is 0 Å². The predicted molar refractivity (Wildman–Crippen MR) is 86.4 cm³/mol. The van der Waals surface area contributed by atoms with Crippen LogP contribution in [0.3, 0.4) is 0 Å². The SMILES string of the molecule is CCCCCc1c(O)n(CCCCC)c2ccccc12. The third-order valence-corrected chi connectivity index (χ3v) is 4.06. The Hall–Kier alpha value is -1.44. The zero-order chi connectivity index (χ0) is 14.4. The molecule has 0 radical (unpaired) electrons. The van der Waals surface area contributed by atoms with Crippen LogP contribution in [0.5, 0.6) is 5.88 Å². The number of hydrogen-bond donors (Lipinski definition) is 1. The summed E-state index contributed by atoms with van der Waals surface area (Å²) in [5.41, 5.74) is 2.33. The van der Waals surface area contributed by atoms with E-state index >= 15 is 0 Å². The molecule has 2 heteroatoms. The van der Waals surface area contributed by atoms with Crippen molar-refractivity contribution in [3.05, 3.63) is 29.8 Å². The average Bonchev–Trinajstić information content (AvgIpc) is 2.73. The monoisotopic (exact) mass is 273 g/mol. The number of para-hydroxylation sites is 1. The van der Waals surface area contributed by atoms with E-state index in [1.165, 1.54) is 36.6 Å². The van der Waals surface area contributed by atoms with Crippen molar-refractivity contribution < 1.29 is 5.11 Å². The lowest BCUT2D eigenvalue weighted by Gasteiger charge is -2.06. The first kappa shape index (κ1) is 15.0. The van der Waals surface area contributed by atoms with Crippen molar-refractivity contribution in [2.75, 3.05) is 0 Å². The fourth-order valence-corrected chi connectivity index (χ4v) is 2.91. The summed E-state index contributed by atoms with van der Waals surface area (Å²) in [6, 6.07) is 8.41. The van der Waals surface area contributed by atoms with Crippen molar-refractivity contribution in [3.8, 4) is 5.88 Å². The zero-order valence-electron chi connectivity index (χ0n) is 12.9. The molecule has 0 amide bonds. The Kier molecular flexibility index (Phi) is 5.51. The van der Waals surface area contributed by atoms with Gasteiger partial charge in [-0.2, -0.15) is 0 Å². The summed E-state index contributed by atoms with van der Waals surface area (Å²) >= 11 is 0. The molecule has 0 spiro atoms. The van der Waals surface area contributed by atoms with Gasteiger partial charge in [-0.15, -0.1) is 0 Å². The van der Waals surface area contributed by atoms with Crippen molar-refractivity contribution in [1.29, 1.82) is 0 Å². The Bertz CT molecular complexity index is 495. The van der Waals surface area contributed by atoms with Gasteiger partial charge in [0, 0.05) is 17.5 Å². The molecule has 0 bridgehead atoms. The van der Waals surface area contributed by atoms with Crippen LogP contribution in [0.2, 0.25) is 0 Å². The minimum absolute atomic E-state index is 0.499. The lowest BCUT2D eigenvalue weighted by molar-refractivity contribution is 0.409. The lowest BCUT2D eigenvalue weighted by atomic mass is 10.1. The van der Waals surface area contributed by atoms with Crippen molar-refractivity contribution in [1.82, 2.24) is 4.57 Å². The first-order valence-corrected chi connectivity index (χ1v) is 8.08. The molecule has 110 valence electrons. The summed E-state index contributed by atoms with van der Waals surface area (Å²) in [7, 11) is 0. The smallest absolute Gasteiger partial charge is 0.195 e. The molecule has 0 aliphatic carbocycles. The maximum atomic E-state index is 10.6. The van der Waals surface area contributed by atoms with E-state index in [1.807, 2.05) is 0 Å². The van der Waals surface area contributed by atoms with Gasteiger partial charge in [0.2, 0.25) is 0 Å². The number of hydrogen-bond acceptors (Lipinski definition) is 1. The first-order chi connectivity index (χ1) is 9.79. The van der Waals surface area contributed by atoms with E-state index in [0.717, 1.165) is 31.4 Å². The molecule has 0 aliphatic heterocycles. The molecular weight excluding hydrogens is 246 g/mol. The lowest BCUT2D eigenvalue weighted by Crippen LogP contribution is -1.97. The molecule has 1 N–H and O–H groups in total. The second-order valence-electron chi connectivity index (χ2n) is 5.64. The fraction of sp³-hybridized carbons (Fsp3) is 0.556. The standard InChI is InChI=1S/C18H27NO/c1-3-5-7-12-16-15-11-8-9-13-17(15)19(18(16)20)14-10-6-4-2/h8-9,11,13,20H,3-7,10,12,14H2,1-2H3. The molecule has 0 fully saturated rings. The molecule has 2 nitrogen and oxygen atoms in total. The summed E-state index contributed by atoms with van der Waals surface area (Å²) in [6.45, 7) is 5.35. The highest BCUT2D eigenvalue weighted by Crippen LogP contribution is 2.33. The zero-order valence-corrected chi connectivity index (χ0v) is 12.9. The van der Waals surface area contributed by atoms with E-state index in [0.29, 0.717) is 5.88 Å². The summed E-state index contributed by atoms with van der Waals surface area (Å²) in [4.78, 5) is 0. The summed E-state index contributed by atoms with van der Waals surface area (Å²) < 4.78 is 2.10. The van der Waals surface area contributed by atoms with Gasteiger partial charge in [-0.1, -0.05) is 57.7 Å². The Morgan fingerprint density at radius 1 is 0.950 bits per heavy atom. The van der Waals surface area contributed by atoms with Crippen molar-refractivity contribution in [2.45, 2.75) is 65.3 Å². The van der Waals surface area contributed by atoms with Gasteiger partial charge in [0.1, 0.15) is 0 Å². The van der Waals surface area contributed by atoms with Crippen molar-refractivity contribution in [2.24, 2.45) is 0 Å². The number of aromatic hydroxyl groups is 1. The number of nitrogens with zero attached hydrogens (tertiary/aromatic N) is 1. The molecular formula is C18H27NO. The summed E-state index contributed by atoms with van der Waals surface area (Å²) in [6.07, 6.45) is 8.16. The Balaban J connectivity index is 2.29. The van der Waals surface area contributed by atoms with Crippen molar-refractivity contribution >= 4 is 10.9 Å². The largest absolute Gasteiger partial charge is 0.494 e. The van der Waals surface area contributed by atoms with Crippen LogP contribution in [0.25, 0.3) is 10.9 Å². The van der Waals surface area contributed by atoms with E-state index in [1.54, 1.807) is 0 Å². The fourth-order valence-electron chi connectivity index (χ4n) is 2.91. The highest BCUT2D eigenvalue weighted by atomic mass is 16.3. The number of fused-ring (bicyclic) bond motifs is 1. The minimum Gasteiger partial charge on any atom is -0.494 e. The molecule has 1 heterocycles. The molecule has 1 aromatic carbocycles. The Labute approximate surface area is 122 Å². The second-order valence-corrected chi connectivity index (χ2v) is 5.64. The maximum Gasteiger partial charge on any atom is 0.195 e. The van der Waals surface area contributed by atoms with Crippen LogP contribution in [0, 0.1) is 0 Å². The van der Waals surface area contributed by atoms with Gasteiger partial charge in [-0.3, -0.25) is 0 Å². The quantitative estimate of drug-likeness (QED) is 0.651. The Morgan fingerprint density at radius 3 is 2.40 bits per heavy atom. The highest BCUT2D eigenvalue weighted by molar-refractivity contribution is 5.86. The summed E-state index contributed by atoms with van der Waals surface area (Å²) in [5, 5.41) is 11.8. The second kappa shape index (κ2) is 7.37. The van der Waals surface area contributed by atoms with E-state index < -0.39 is 0 Å². The molecule has 2 rings (SSSR count). The van der Waals surface area contributed by atoms with Crippen LogP contribution in [-0.4, -0.2) is 9.67 Å². The van der Waals surface area contributed by atoms with Gasteiger partial charge < -0.3 is 9.67 Å². The maximum absolute atomic E-state index is 10.6. The average molecular weight is 273 g/mol. The third-order valence-electron chi connectivity index (χ3n) is 4.06. The van der Waals surface area contributed by atoms with Gasteiger partial charge in [-0.05, 0) is 25.3 Å². The third kappa shape index (κ3) is 3.17. The van der Waals surface area contributed by atoms with E-state index in [2.05, 4.69) is 42.7 Å². The number of aromatic nitrogens is 1. The van der Waals surface area contributed by atoms with Crippen LogP contribution in [0.1, 0.15) is 57.9 Å². The van der Waals surface area contributed by atoms with Crippen LogP contribution in [0.4, 0.5) is 0 Å². The molecule has 0 aliphatic rings. The molecule has 0 unspecified atom stereocenters. The van der Waals surface area contributed by atoms with E-state index in [4.69, 9.17) is 0 Å². The van der Waals surface area contributed by atoms with Gasteiger partial charge >= 0.3 is 0 Å². The van der Waals surface area contributed by atoms with Crippen LogP contribution in [0.15, 0.2) is 24.3 Å². The molecule has 0 saturated carbocycles. The number of benzene rings is 1. The van der Waals surface area contributed by atoms with Crippen LogP contribution < -0.4 is 0 Å². The Morgan fingerprint density at radius 2 is 1.65 bits per heavy atom. The highest BCUT2D eigenvalue weighted by Gasteiger charge is 2.15. The molecule has 20 heavy (non-hydrogen) atoms. The number of unbranched alkanes of at least 4 members (excludes halogenated alkanes) is 4. The van der Waals surface area contributed by atoms with E-state index in [9.17, 15) is 5.11 Å². The van der Waals surface area contributed by atoms with Gasteiger partial charge in [-0.25, -0.2) is 0 Å². The molecule has 1 aromatic heterocycles. The topological polar surface area (TPSA) is 25.2 Å². The molecule has 2 aromatic rings. The number of aryl methyl sites for hydroxylation is 2. The van der Waals surface area contributed by atoms with E-state index in [-0.39, 0.29) is 0 Å². The van der Waals surface area contributed by atoms with Gasteiger partial charge in [0.25, 0.3) is 0 Å². The summed E-state index contributed by atoms with van der Waals surface area (Å²) in [5.74, 6) is 0.499. The van der Waals surface area contributed by atoms with Crippen LogP contribution in [-0.2, 0) is 13.0 Å². The predicted octanol–water partition coefficient (Wildman–Crippen LogP) is 5.27. The first-order valence-electron chi connectivity index (χ1n) is 8.08. The minimum atomic E-state index is 0.499. The molecule has 0 atom stereocenters. The normalized spacial score (nSPS) is 11.3. The number of rotatable bonds is 8. The van der Waals surface area contributed by atoms with Crippen LogP contribution >= 0.6 is 0 Å². The molecule has 0 saturated heterocycles. The van der Waals surface area contributed by atoms with Gasteiger partial charge in [0.05, 0.1) is 5.52 Å². The van der Waals surface area contributed by atoms with Gasteiger partial charge in [0.15, 0.2) is 5.88 Å².